The third-order valence-electron chi connectivity index (χ3n) is 3.71. The number of aromatic nitrogens is 4. The zero-order valence-electron chi connectivity index (χ0n) is 14.2. The third-order valence-corrected chi connectivity index (χ3v) is 4.85. The maximum Gasteiger partial charge on any atom is 0.237 e. The van der Waals surface area contributed by atoms with Crippen LogP contribution in [0.2, 0.25) is 0 Å². The molecule has 26 heavy (non-hydrogen) atoms. The Balaban J connectivity index is 1.72. The number of hydrogen-bond donors (Lipinski definition) is 1. The highest BCUT2D eigenvalue weighted by molar-refractivity contribution is 8.00. The molecular formula is C18H16N6OS. The molecule has 0 fully saturated rings. The highest BCUT2D eigenvalue weighted by atomic mass is 32.2. The minimum atomic E-state index is -0.411. The summed E-state index contributed by atoms with van der Waals surface area (Å²) in [6.07, 6.45) is 3.41. The first-order valence-electron chi connectivity index (χ1n) is 7.86. The van der Waals surface area contributed by atoms with Gasteiger partial charge in [-0.05, 0) is 31.2 Å². The molecule has 1 unspecified atom stereocenters. The molecule has 3 aromatic rings. The molecule has 0 aliphatic rings. The molecule has 1 atom stereocenters. The van der Waals surface area contributed by atoms with E-state index >= 15 is 0 Å². The number of rotatable bonds is 5. The van der Waals surface area contributed by atoms with Gasteiger partial charge in [-0.2, -0.15) is 5.26 Å². The van der Waals surface area contributed by atoms with Crippen LogP contribution >= 0.6 is 11.8 Å². The fourth-order valence-electron chi connectivity index (χ4n) is 2.30. The van der Waals surface area contributed by atoms with E-state index < -0.39 is 5.25 Å². The summed E-state index contributed by atoms with van der Waals surface area (Å²) in [5, 5.41) is 20.5. The first-order valence-corrected chi connectivity index (χ1v) is 8.74. The monoisotopic (exact) mass is 364 g/mol. The Morgan fingerprint density at radius 2 is 2.08 bits per heavy atom. The van der Waals surface area contributed by atoms with Crippen molar-refractivity contribution in [1.29, 1.82) is 5.26 Å². The lowest BCUT2D eigenvalue weighted by atomic mass is 10.2. The molecule has 7 nitrogen and oxygen atoms in total. The summed E-state index contributed by atoms with van der Waals surface area (Å²) in [6.45, 7) is 1.79. The fourth-order valence-corrected chi connectivity index (χ4v) is 3.11. The lowest BCUT2D eigenvalue weighted by Crippen LogP contribution is -2.23. The molecule has 0 bridgehead atoms. The van der Waals surface area contributed by atoms with Crippen LogP contribution in [-0.2, 0) is 11.8 Å². The third kappa shape index (κ3) is 3.73. The summed E-state index contributed by atoms with van der Waals surface area (Å²) < 4.78 is 1.83. The molecule has 1 aromatic carbocycles. The topological polar surface area (TPSA) is 96.5 Å². The number of nitrogens with zero attached hydrogens (tertiary/aromatic N) is 5. The van der Waals surface area contributed by atoms with Crippen molar-refractivity contribution in [3.63, 3.8) is 0 Å². The van der Waals surface area contributed by atoms with Crippen molar-refractivity contribution < 1.29 is 4.79 Å². The zero-order chi connectivity index (χ0) is 18.5. The van der Waals surface area contributed by atoms with E-state index in [1.54, 1.807) is 43.6 Å². The first-order chi connectivity index (χ1) is 12.6. The molecule has 0 aliphatic carbocycles. The van der Waals surface area contributed by atoms with Gasteiger partial charge in [-0.3, -0.25) is 9.78 Å². The van der Waals surface area contributed by atoms with Crippen molar-refractivity contribution in [3.8, 4) is 17.5 Å². The standard InChI is InChI=1S/C18H16N6OS/c1-12(17(25)21-15-8-4-3-6-13(15)10-19)26-18-23-22-16(24(18)2)14-7-5-9-20-11-14/h3-9,11-12H,1-2H3,(H,21,25). The van der Waals surface area contributed by atoms with Gasteiger partial charge >= 0.3 is 0 Å². The number of anilines is 1. The summed E-state index contributed by atoms with van der Waals surface area (Å²) in [5.41, 5.74) is 1.78. The molecule has 0 saturated heterocycles. The van der Waals surface area contributed by atoms with Gasteiger partial charge in [0.15, 0.2) is 11.0 Å². The highest BCUT2D eigenvalue weighted by Crippen LogP contribution is 2.26. The summed E-state index contributed by atoms with van der Waals surface area (Å²) in [5.74, 6) is 0.478. The van der Waals surface area contributed by atoms with Gasteiger partial charge in [0.1, 0.15) is 6.07 Å². The second-order valence-electron chi connectivity index (χ2n) is 5.51. The van der Waals surface area contributed by atoms with Crippen molar-refractivity contribution in [3.05, 3.63) is 54.4 Å². The van der Waals surface area contributed by atoms with E-state index in [2.05, 4.69) is 26.6 Å². The van der Waals surface area contributed by atoms with E-state index in [0.717, 1.165) is 5.56 Å². The lowest BCUT2D eigenvalue weighted by molar-refractivity contribution is -0.115. The summed E-state index contributed by atoms with van der Waals surface area (Å²) in [6, 6.07) is 12.7. The number of hydrogen-bond acceptors (Lipinski definition) is 6. The Morgan fingerprint density at radius 1 is 1.27 bits per heavy atom. The number of thioether (sulfide) groups is 1. The molecule has 1 N–H and O–H groups in total. The summed E-state index contributed by atoms with van der Waals surface area (Å²) >= 11 is 1.30. The second-order valence-corrected chi connectivity index (χ2v) is 6.82. The molecule has 0 aliphatic heterocycles. The maximum absolute atomic E-state index is 12.5. The number of carbonyl (C=O) groups is 1. The van der Waals surface area contributed by atoms with Gasteiger partial charge in [0.25, 0.3) is 0 Å². The number of nitrogens with one attached hydrogen (secondary N) is 1. The van der Waals surface area contributed by atoms with Crippen molar-refractivity contribution in [2.75, 3.05) is 5.32 Å². The SMILES string of the molecule is CC(Sc1nnc(-c2cccnc2)n1C)C(=O)Nc1ccccc1C#N. The van der Waals surface area contributed by atoms with Crippen LogP contribution in [0, 0.1) is 11.3 Å². The molecule has 2 heterocycles. The number of para-hydroxylation sites is 1. The lowest BCUT2D eigenvalue weighted by Gasteiger charge is -2.12. The second kappa shape index (κ2) is 7.80. The average molecular weight is 364 g/mol. The Bertz CT molecular complexity index is 963. The largest absolute Gasteiger partial charge is 0.324 e. The Hall–Kier alpha value is -3.18. The quantitative estimate of drug-likeness (QED) is 0.699. The van der Waals surface area contributed by atoms with E-state index in [4.69, 9.17) is 5.26 Å². The minimum Gasteiger partial charge on any atom is -0.324 e. The minimum absolute atomic E-state index is 0.205. The molecule has 8 heteroatoms. The molecular weight excluding hydrogens is 348 g/mol. The number of nitriles is 1. The van der Waals surface area contributed by atoms with Crippen LogP contribution < -0.4 is 5.32 Å². The Morgan fingerprint density at radius 3 is 2.81 bits per heavy atom. The summed E-state index contributed by atoms with van der Waals surface area (Å²) in [7, 11) is 1.85. The van der Waals surface area contributed by atoms with Crippen LogP contribution in [0.5, 0.6) is 0 Å². The van der Waals surface area contributed by atoms with E-state index in [-0.39, 0.29) is 5.91 Å². The van der Waals surface area contributed by atoms with Crippen LogP contribution in [-0.4, -0.2) is 30.9 Å². The van der Waals surface area contributed by atoms with Crippen LogP contribution in [0.3, 0.4) is 0 Å². The number of amides is 1. The van der Waals surface area contributed by atoms with E-state index in [1.165, 1.54) is 11.8 Å². The number of pyridine rings is 1. The van der Waals surface area contributed by atoms with Gasteiger partial charge in [-0.15, -0.1) is 10.2 Å². The fraction of sp³-hybridized carbons (Fsp3) is 0.167. The Labute approximate surface area is 155 Å². The van der Waals surface area contributed by atoms with Gasteiger partial charge in [0.2, 0.25) is 5.91 Å². The van der Waals surface area contributed by atoms with Gasteiger partial charge in [-0.25, -0.2) is 0 Å². The van der Waals surface area contributed by atoms with Crippen LogP contribution in [0.25, 0.3) is 11.4 Å². The predicted molar refractivity (Wildman–Crippen MR) is 99.3 cm³/mol. The van der Waals surface area contributed by atoms with Crippen molar-refractivity contribution in [1.82, 2.24) is 19.7 Å². The van der Waals surface area contributed by atoms with E-state index in [9.17, 15) is 4.79 Å². The van der Waals surface area contributed by atoms with Gasteiger partial charge in [-0.1, -0.05) is 23.9 Å². The predicted octanol–water partition coefficient (Wildman–Crippen LogP) is 2.87. The summed E-state index contributed by atoms with van der Waals surface area (Å²) in [4.78, 5) is 16.5. The van der Waals surface area contributed by atoms with Gasteiger partial charge < -0.3 is 9.88 Å². The van der Waals surface area contributed by atoms with E-state index in [1.807, 2.05) is 23.7 Å². The normalized spacial score (nSPS) is 11.6. The molecule has 0 spiro atoms. The van der Waals surface area contributed by atoms with Crippen LogP contribution in [0.15, 0.2) is 53.9 Å². The number of benzene rings is 1. The first kappa shape index (κ1) is 17.6. The van der Waals surface area contributed by atoms with Gasteiger partial charge in [0, 0.05) is 25.0 Å². The van der Waals surface area contributed by atoms with Crippen molar-refractivity contribution in [2.24, 2.45) is 7.05 Å². The van der Waals surface area contributed by atoms with Crippen LogP contribution in [0.4, 0.5) is 5.69 Å². The molecule has 2 aromatic heterocycles. The Kier molecular flexibility index (Phi) is 5.29. The molecule has 1 amide bonds. The smallest absolute Gasteiger partial charge is 0.237 e. The average Bonchev–Trinajstić information content (AvgIpc) is 3.03. The molecule has 0 saturated carbocycles. The number of carbonyl (C=O) groups excluding carboxylic acids is 1. The zero-order valence-corrected chi connectivity index (χ0v) is 15.1. The maximum atomic E-state index is 12.5. The molecule has 3 rings (SSSR count). The van der Waals surface area contributed by atoms with Crippen molar-refractivity contribution in [2.45, 2.75) is 17.3 Å². The van der Waals surface area contributed by atoms with E-state index in [0.29, 0.717) is 22.2 Å². The molecule has 0 radical (unpaired) electrons. The van der Waals surface area contributed by atoms with Crippen molar-refractivity contribution >= 4 is 23.4 Å². The highest BCUT2D eigenvalue weighted by Gasteiger charge is 2.20. The van der Waals surface area contributed by atoms with Crippen LogP contribution in [0.1, 0.15) is 12.5 Å². The van der Waals surface area contributed by atoms with Gasteiger partial charge in [0.05, 0.1) is 16.5 Å². The molecule has 130 valence electrons.